The van der Waals surface area contributed by atoms with Crippen LogP contribution in [0.4, 0.5) is 0 Å². The molecule has 0 amide bonds. The summed E-state index contributed by atoms with van der Waals surface area (Å²) in [7, 11) is 0. The van der Waals surface area contributed by atoms with Crippen molar-refractivity contribution in [3.05, 3.63) is 158 Å². The Morgan fingerprint density at radius 2 is 0.513 bits per heavy atom. The Morgan fingerprint density at radius 3 is 0.829 bits per heavy atom. The van der Waals surface area contributed by atoms with Crippen molar-refractivity contribution in [3.63, 3.8) is 0 Å². The lowest BCUT2D eigenvalue weighted by Crippen LogP contribution is -2.30. The van der Waals surface area contributed by atoms with E-state index in [2.05, 4.69) is 179 Å². The molecule has 0 bridgehead atoms. The molecule has 0 aliphatic rings. The first-order chi connectivity index (χ1) is 37.5. The fourth-order valence-electron chi connectivity index (χ4n) is 7.74. The van der Waals surface area contributed by atoms with E-state index in [0.717, 1.165) is 173 Å². The summed E-state index contributed by atoms with van der Waals surface area (Å²) in [5.74, 6) is -0.972. The number of rotatable bonds is 53. The van der Waals surface area contributed by atoms with Crippen LogP contribution in [0.25, 0.3) is 0 Å². The lowest BCUT2D eigenvalue weighted by atomic mass is 10.1. The molecule has 1 unspecified atom stereocenters. The van der Waals surface area contributed by atoms with Crippen LogP contribution in [-0.4, -0.2) is 37.2 Å². The highest BCUT2D eigenvalue weighted by Crippen LogP contribution is 2.13. The van der Waals surface area contributed by atoms with Gasteiger partial charge in [-0.1, -0.05) is 237 Å². The zero-order valence-electron chi connectivity index (χ0n) is 48.7. The number of hydrogen-bond donors (Lipinski definition) is 0. The van der Waals surface area contributed by atoms with Gasteiger partial charge in [0.25, 0.3) is 0 Å². The van der Waals surface area contributed by atoms with Crippen molar-refractivity contribution in [3.8, 4) is 0 Å². The first kappa shape index (κ1) is 71.0. The molecule has 0 radical (unpaired) electrons. The number of ether oxygens (including phenoxy) is 3. The number of hydrogen-bond acceptors (Lipinski definition) is 6. The van der Waals surface area contributed by atoms with E-state index < -0.39 is 6.10 Å². The molecule has 0 saturated heterocycles. The molecule has 0 saturated carbocycles. The van der Waals surface area contributed by atoms with Crippen LogP contribution in [0.2, 0.25) is 0 Å². The molecular weight excluding hydrogens is 937 g/mol. The van der Waals surface area contributed by atoms with Crippen molar-refractivity contribution in [2.45, 2.75) is 252 Å². The standard InChI is InChI=1S/C70H110O6/c1-4-7-10-13-16-19-22-25-26-27-28-29-30-31-32-33-34-35-36-37-38-39-40-41-42-43-44-46-48-51-54-57-60-63-69(72)75-66-67(65-74-68(71)62-59-56-53-50-47-24-21-18-15-12-9-6-3)76-70(73)64-61-58-55-52-49-45-23-20-17-14-11-8-5-2/h7-8,10-11,16-21,25-26,28-29,31-32,34-35,37-38,40-41,43-45,49,67H,4-6,9,12-15,22-24,27,30,33,36,39,42,46-48,50-66H2,1-3H3/b10-7-,11-8-,19-16-,20-17-,21-18-,26-25-,29-28-,32-31-,35-34-,38-37-,41-40-,44-43-,49-45-. The number of esters is 3. The van der Waals surface area contributed by atoms with Crippen LogP contribution >= 0.6 is 0 Å². The Hall–Kier alpha value is -4.97. The van der Waals surface area contributed by atoms with Gasteiger partial charge in [-0.15, -0.1) is 0 Å². The van der Waals surface area contributed by atoms with Crippen LogP contribution in [0.3, 0.4) is 0 Å². The van der Waals surface area contributed by atoms with Gasteiger partial charge in [-0.2, -0.15) is 0 Å². The fraction of sp³-hybridized carbons (Fsp3) is 0.586. The minimum atomic E-state index is -0.811. The van der Waals surface area contributed by atoms with Crippen LogP contribution in [0.1, 0.15) is 245 Å². The van der Waals surface area contributed by atoms with Gasteiger partial charge in [0, 0.05) is 19.3 Å². The molecule has 426 valence electrons. The van der Waals surface area contributed by atoms with Crippen LogP contribution in [0.15, 0.2) is 158 Å². The van der Waals surface area contributed by atoms with Crippen molar-refractivity contribution in [2.24, 2.45) is 0 Å². The predicted molar refractivity (Wildman–Crippen MR) is 329 cm³/mol. The van der Waals surface area contributed by atoms with Crippen LogP contribution in [-0.2, 0) is 28.6 Å². The molecule has 0 heterocycles. The Balaban J connectivity index is 4.32. The third-order valence-corrected chi connectivity index (χ3v) is 12.2. The third-order valence-electron chi connectivity index (χ3n) is 12.2. The summed E-state index contributed by atoms with van der Waals surface area (Å²) in [4.78, 5) is 38.1. The van der Waals surface area contributed by atoms with Crippen molar-refractivity contribution in [1.82, 2.24) is 0 Å². The second-order valence-electron chi connectivity index (χ2n) is 19.5. The van der Waals surface area contributed by atoms with E-state index in [0.29, 0.717) is 12.8 Å². The highest BCUT2D eigenvalue weighted by molar-refractivity contribution is 5.71. The van der Waals surface area contributed by atoms with Gasteiger partial charge in [-0.05, 0) is 148 Å². The molecule has 76 heavy (non-hydrogen) atoms. The van der Waals surface area contributed by atoms with Crippen molar-refractivity contribution in [1.29, 1.82) is 0 Å². The maximum atomic E-state index is 12.8. The van der Waals surface area contributed by atoms with E-state index in [1.165, 1.54) is 32.1 Å². The van der Waals surface area contributed by atoms with Gasteiger partial charge in [0.1, 0.15) is 13.2 Å². The first-order valence-corrected chi connectivity index (χ1v) is 30.5. The molecule has 0 aromatic heterocycles. The lowest BCUT2D eigenvalue weighted by Gasteiger charge is -2.18. The smallest absolute Gasteiger partial charge is 0.306 e. The largest absolute Gasteiger partial charge is 0.462 e. The van der Waals surface area contributed by atoms with Gasteiger partial charge in [-0.25, -0.2) is 0 Å². The zero-order chi connectivity index (χ0) is 55.0. The molecule has 0 aliphatic carbocycles. The van der Waals surface area contributed by atoms with Gasteiger partial charge in [0.05, 0.1) is 0 Å². The second kappa shape index (κ2) is 62.6. The molecule has 1 atom stereocenters. The quantitative estimate of drug-likeness (QED) is 0.0261. The van der Waals surface area contributed by atoms with Crippen molar-refractivity contribution >= 4 is 17.9 Å². The molecule has 0 rings (SSSR count). The minimum Gasteiger partial charge on any atom is -0.462 e. The Kier molecular flexibility index (Phi) is 58.5. The topological polar surface area (TPSA) is 78.9 Å². The van der Waals surface area contributed by atoms with E-state index in [-0.39, 0.29) is 37.5 Å². The number of unbranched alkanes of at least 4 members (excludes halogenated alkanes) is 16. The van der Waals surface area contributed by atoms with Crippen molar-refractivity contribution < 1.29 is 28.6 Å². The summed E-state index contributed by atoms with van der Waals surface area (Å²) in [5.41, 5.74) is 0. The Bertz CT molecular complexity index is 1720. The van der Waals surface area contributed by atoms with Crippen molar-refractivity contribution in [2.75, 3.05) is 13.2 Å². The average molecular weight is 1050 g/mol. The summed E-state index contributed by atoms with van der Waals surface area (Å²) in [6.45, 7) is 6.32. The highest BCUT2D eigenvalue weighted by atomic mass is 16.6. The molecule has 0 spiro atoms. The molecule has 0 N–H and O–H groups in total. The van der Waals surface area contributed by atoms with Gasteiger partial charge in [0.15, 0.2) is 6.10 Å². The monoisotopic (exact) mass is 1050 g/mol. The van der Waals surface area contributed by atoms with Crippen LogP contribution < -0.4 is 0 Å². The van der Waals surface area contributed by atoms with Crippen LogP contribution in [0.5, 0.6) is 0 Å². The molecule has 0 aromatic rings. The van der Waals surface area contributed by atoms with E-state index in [9.17, 15) is 14.4 Å². The average Bonchev–Trinajstić information content (AvgIpc) is 3.42. The molecule has 6 nitrogen and oxygen atoms in total. The first-order valence-electron chi connectivity index (χ1n) is 30.5. The van der Waals surface area contributed by atoms with Crippen LogP contribution in [0, 0.1) is 0 Å². The predicted octanol–water partition coefficient (Wildman–Crippen LogP) is 20.9. The highest BCUT2D eigenvalue weighted by Gasteiger charge is 2.19. The van der Waals surface area contributed by atoms with E-state index in [1.54, 1.807) is 0 Å². The Labute approximate surface area is 467 Å². The normalized spacial score (nSPS) is 13.2. The maximum Gasteiger partial charge on any atom is 0.306 e. The summed E-state index contributed by atoms with van der Waals surface area (Å²) in [6, 6.07) is 0. The molecular formula is C70H110O6. The van der Waals surface area contributed by atoms with Gasteiger partial charge >= 0.3 is 17.9 Å². The fourth-order valence-corrected chi connectivity index (χ4v) is 7.74. The molecule has 0 aliphatic heterocycles. The second-order valence-corrected chi connectivity index (χ2v) is 19.5. The van der Waals surface area contributed by atoms with E-state index in [4.69, 9.17) is 14.2 Å². The molecule has 0 fully saturated rings. The van der Waals surface area contributed by atoms with Gasteiger partial charge < -0.3 is 14.2 Å². The summed E-state index contributed by atoms with van der Waals surface area (Å²) >= 11 is 0. The minimum absolute atomic E-state index is 0.106. The lowest BCUT2D eigenvalue weighted by molar-refractivity contribution is -0.167. The van der Waals surface area contributed by atoms with E-state index in [1.807, 2.05) is 0 Å². The summed E-state index contributed by atoms with van der Waals surface area (Å²) < 4.78 is 16.8. The summed E-state index contributed by atoms with van der Waals surface area (Å²) in [5, 5.41) is 0. The number of carbonyl (C=O) groups excluding carboxylic acids is 3. The summed E-state index contributed by atoms with van der Waals surface area (Å²) in [6.07, 6.45) is 91.1. The SMILES string of the molecule is CC/C=C\C/C=C\C/C=C\C/C=C\C/C=C\C/C=C\C/C=C\C/C=C\C/C=C\CCCCCCCC(=O)OCC(COC(=O)CCCCCCC/C=C\CCCCC)OC(=O)CCCCC/C=C\C/C=C\C/C=C\CC. The zero-order valence-corrected chi connectivity index (χ0v) is 48.7. The van der Waals surface area contributed by atoms with Gasteiger partial charge in [0.2, 0.25) is 0 Å². The number of carbonyl (C=O) groups is 3. The molecule has 6 heteroatoms. The Morgan fingerprint density at radius 1 is 0.276 bits per heavy atom. The van der Waals surface area contributed by atoms with Gasteiger partial charge in [-0.3, -0.25) is 14.4 Å². The maximum absolute atomic E-state index is 12.8. The third kappa shape index (κ3) is 59.9. The number of allylic oxidation sites excluding steroid dienone is 26. The van der Waals surface area contributed by atoms with E-state index >= 15 is 0 Å². The molecule has 0 aromatic carbocycles.